The van der Waals surface area contributed by atoms with Gasteiger partial charge in [-0.3, -0.25) is 4.98 Å². The Balaban J connectivity index is 1.91. The molecule has 1 aliphatic rings. The molecule has 132 valence electrons. The Hall–Kier alpha value is -1.56. The van der Waals surface area contributed by atoms with E-state index in [2.05, 4.69) is 4.98 Å². The van der Waals surface area contributed by atoms with Gasteiger partial charge in [-0.15, -0.1) is 0 Å². The molecule has 1 aliphatic heterocycles. The van der Waals surface area contributed by atoms with Crippen molar-refractivity contribution in [2.75, 3.05) is 0 Å². The van der Waals surface area contributed by atoms with Gasteiger partial charge in [0.25, 0.3) is 0 Å². The number of halogens is 1. The first-order valence-corrected chi connectivity index (χ1v) is 8.73. The van der Waals surface area contributed by atoms with Crippen molar-refractivity contribution in [2.45, 2.75) is 52.7 Å². The Morgan fingerprint density at radius 2 is 1.64 bits per heavy atom. The summed E-state index contributed by atoms with van der Waals surface area (Å²) in [5.41, 5.74) is 2.06. The summed E-state index contributed by atoms with van der Waals surface area (Å²) in [6.45, 7) is 12.1. The Kier molecular flexibility index (Phi) is 4.60. The Morgan fingerprint density at radius 1 is 1.00 bits per heavy atom. The van der Waals surface area contributed by atoms with Crippen LogP contribution in [-0.2, 0) is 9.31 Å². The monoisotopic (exact) mass is 359 g/mol. The molecule has 0 radical (unpaired) electrons. The first-order chi connectivity index (χ1) is 11.6. The highest BCUT2D eigenvalue weighted by atomic mass is 35.5. The lowest BCUT2D eigenvalue weighted by molar-refractivity contribution is 0.00578. The predicted molar refractivity (Wildman–Crippen MR) is 101 cm³/mol. The maximum atomic E-state index is 6.28. The van der Waals surface area contributed by atoms with E-state index in [4.69, 9.17) is 25.6 Å². The van der Waals surface area contributed by atoms with Gasteiger partial charge in [0.15, 0.2) is 0 Å². The molecule has 0 amide bonds. The van der Waals surface area contributed by atoms with Crippen LogP contribution in [0.5, 0.6) is 11.5 Å². The normalized spacial score (nSPS) is 18.4. The summed E-state index contributed by atoms with van der Waals surface area (Å²) in [5, 5.41) is 0.570. The molecule has 0 bridgehead atoms. The van der Waals surface area contributed by atoms with Gasteiger partial charge in [0.2, 0.25) is 0 Å². The van der Waals surface area contributed by atoms with Crippen molar-refractivity contribution in [1.82, 2.24) is 4.98 Å². The fourth-order valence-electron chi connectivity index (χ4n) is 2.64. The summed E-state index contributed by atoms with van der Waals surface area (Å²) in [4.78, 5) is 4.30. The number of hydrogen-bond donors (Lipinski definition) is 0. The van der Waals surface area contributed by atoms with Crippen molar-refractivity contribution < 1.29 is 14.0 Å². The van der Waals surface area contributed by atoms with Crippen LogP contribution in [0, 0.1) is 13.8 Å². The average molecular weight is 360 g/mol. The van der Waals surface area contributed by atoms with Crippen molar-refractivity contribution in [1.29, 1.82) is 0 Å². The van der Waals surface area contributed by atoms with Gasteiger partial charge in [0, 0.05) is 11.7 Å². The number of aryl methyl sites for hydroxylation is 1. The maximum Gasteiger partial charge on any atom is 0.496 e. The fraction of sp³-hybridized carbons (Fsp3) is 0.421. The number of ether oxygens (including phenoxy) is 1. The van der Waals surface area contributed by atoms with E-state index < -0.39 is 18.3 Å². The van der Waals surface area contributed by atoms with Crippen LogP contribution in [0.15, 0.2) is 30.6 Å². The number of nitrogens with zero attached hydrogens (tertiary/aromatic N) is 1. The van der Waals surface area contributed by atoms with Crippen LogP contribution in [0.2, 0.25) is 5.02 Å². The average Bonchev–Trinajstić information content (AvgIpc) is 2.72. The van der Waals surface area contributed by atoms with E-state index in [1.165, 1.54) is 0 Å². The molecule has 0 unspecified atom stereocenters. The standard InChI is InChI=1S/C19H23BClNO3/c1-12-7-8-16(15(21)9-12)23-17-11-22-10-14(13(17)2)20-24-18(3,4)19(5,6)25-20/h7-11H,1-6H3. The summed E-state index contributed by atoms with van der Waals surface area (Å²) >= 11 is 6.28. The van der Waals surface area contributed by atoms with Gasteiger partial charge in [-0.1, -0.05) is 17.7 Å². The highest BCUT2D eigenvalue weighted by Gasteiger charge is 2.52. The number of rotatable bonds is 3. The molecule has 1 aromatic carbocycles. The molecular weight excluding hydrogens is 336 g/mol. The first kappa shape index (κ1) is 18.2. The zero-order chi connectivity index (χ0) is 18.4. The van der Waals surface area contributed by atoms with E-state index in [1.807, 2.05) is 59.7 Å². The number of pyridine rings is 1. The van der Waals surface area contributed by atoms with Crippen LogP contribution >= 0.6 is 11.6 Å². The summed E-state index contributed by atoms with van der Waals surface area (Å²) in [6.07, 6.45) is 3.45. The van der Waals surface area contributed by atoms with Gasteiger partial charge < -0.3 is 14.0 Å². The first-order valence-electron chi connectivity index (χ1n) is 8.35. The topological polar surface area (TPSA) is 40.6 Å². The van der Waals surface area contributed by atoms with Crippen LogP contribution in [-0.4, -0.2) is 23.3 Å². The minimum Gasteiger partial charge on any atom is -0.454 e. The highest BCUT2D eigenvalue weighted by molar-refractivity contribution is 6.62. The molecule has 25 heavy (non-hydrogen) atoms. The zero-order valence-electron chi connectivity index (χ0n) is 15.5. The number of benzene rings is 1. The second-order valence-electron chi connectivity index (χ2n) is 7.48. The van der Waals surface area contributed by atoms with Crippen molar-refractivity contribution >= 4 is 24.2 Å². The van der Waals surface area contributed by atoms with E-state index in [0.717, 1.165) is 16.6 Å². The van der Waals surface area contributed by atoms with Crippen molar-refractivity contribution in [3.63, 3.8) is 0 Å². The molecule has 0 spiro atoms. The molecule has 0 N–H and O–H groups in total. The minimum absolute atomic E-state index is 0.402. The third kappa shape index (κ3) is 3.41. The Morgan fingerprint density at radius 3 is 2.24 bits per heavy atom. The molecule has 0 saturated carbocycles. The van der Waals surface area contributed by atoms with Crippen molar-refractivity contribution in [3.05, 3.63) is 46.7 Å². The quantitative estimate of drug-likeness (QED) is 0.760. The molecule has 0 aliphatic carbocycles. The van der Waals surface area contributed by atoms with Crippen LogP contribution in [0.4, 0.5) is 0 Å². The smallest absolute Gasteiger partial charge is 0.454 e. The summed E-state index contributed by atoms with van der Waals surface area (Å²) in [6, 6.07) is 5.69. The number of hydrogen-bond acceptors (Lipinski definition) is 4. The molecule has 1 aromatic heterocycles. The molecule has 0 atom stereocenters. The molecule has 2 aromatic rings. The predicted octanol–water partition coefficient (Wildman–Crippen LogP) is 4.44. The molecule has 1 saturated heterocycles. The van der Waals surface area contributed by atoms with Gasteiger partial charge >= 0.3 is 7.12 Å². The minimum atomic E-state index is -0.477. The van der Waals surface area contributed by atoms with Gasteiger partial charge in [-0.2, -0.15) is 0 Å². The second kappa shape index (κ2) is 6.31. The van der Waals surface area contributed by atoms with Gasteiger partial charge in [0.1, 0.15) is 11.5 Å². The third-order valence-electron chi connectivity index (χ3n) is 5.02. The number of aromatic nitrogens is 1. The van der Waals surface area contributed by atoms with E-state index in [9.17, 15) is 0 Å². The third-order valence-corrected chi connectivity index (χ3v) is 5.32. The van der Waals surface area contributed by atoms with E-state index >= 15 is 0 Å². The van der Waals surface area contributed by atoms with Crippen LogP contribution in [0.25, 0.3) is 0 Å². The lowest BCUT2D eigenvalue weighted by atomic mass is 9.77. The van der Waals surface area contributed by atoms with Gasteiger partial charge in [-0.05, 0) is 64.8 Å². The van der Waals surface area contributed by atoms with Crippen LogP contribution in [0.1, 0.15) is 38.8 Å². The van der Waals surface area contributed by atoms with E-state index in [0.29, 0.717) is 16.5 Å². The lowest BCUT2D eigenvalue weighted by Gasteiger charge is -2.32. The zero-order valence-corrected chi connectivity index (χ0v) is 16.3. The largest absolute Gasteiger partial charge is 0.496 e. The molecule has 1 fully saturated rings. The molecule has 2 heterocycles. The molecule has 6 heteroatoms. The molecule has 4 nitrogen and oxygen atoms in total. The van der Waals surface area contributed by atoms with Crippen LogP contribution < -0.4 is 10.2 Å². The van der Waals surface area contributed by atoms with Crippen molar-refractivity contribution in [3.8, 4) is 11.5 Å². The molecule has 3 rings (SSSR count). The Labute approximate surface area is 154 Å². The summed E-state index contributed by atoms with van der Waals surface area (Å²) in [5.74, 6) is 1.24. The lowest BCUT2D eigenvalue weighted by Crippen LogP contribution is -2.41. The van der Waals surface area contributed by atoms with E-state index in [-0.39, 0.29) is 0 Å². The molecular formula is C19H23BClNO3. The van der Waals surface area contributed by atoms with Gasteiger partial charge in [0.05, 0.1) is 22.4 Å². The summed E-state index contributed by atoms with van der Waals surface area (Å²) in [7, 11) is -0.477. The maximum absolute atomic E-state index is 6.28. The van der Waals surface area contributed by atoms with Gasteiger partial charge in [-0.25, -0.2) is 0 Å². The summed E-state index contributed by atoms with van der Waals surface area (Å²) < 4.78 is 18.3. The Bertz CT molecular complexity index is 791. The fourth-order valence-corrected chi connectivity index (χ4v) is 2.91. The van der Waals surface area contributed by atoms with Crippen molar-refractivity contribution in [2.24, 2.45) is 0 Å². The van der Waals surface area contributed by atoms with E-state index in [1.54, 1.807) is 12.4 Å². The highest BCUT2D eigenvalue weighted by Crippen LogP contribution is 2.37. The SMILES string of the molecule is Cc1ccc(Oc2cncc(B3OC(C)(C)C(C)(C)O3)c2C)c(Cl)c1. The van der Waals surface area contributed by atoms with Crippen LogP contribution in [0.3, 0.4) is 0 Å². The second-order valence-corrected chi connectivity index (χ2v) is 7.88.